The van der Waals surface area contributed by atoms with Gasteiger partial charge in [-0.15, -0.1) is 0 Å². The summed E-state index contributed by atoms with van der Waals surface area (Å²) in [5, 5.41) is 8.57. The number of thiocarbonyl (C=S) groups is 1. The van der Waals surface area contributed by atoms with Gasteiger partial charge in [-0.05, 0) is 35.8 Å². The van der Waals surface area contributed by atoms with Crippen LogP contribution >= 0.6 is 12.2 Å². The molecule has 0 bridgehead atoms. The van der Waals surface area contributed by atoms with Crippen molar-refractivity contribution < 1.29 is 0 Å². The smallest absolute Gasteiger partial charge is 0.173 e. The van der Waals surface area contributed by atoms with Crippen molar-refractivity contribution in [2.75, 3.05) is 31.5 Å². The minimum absolute atomic E-state index is 0.757. The molecule has 29 heavy (non-hydrogen) atoms. The van der Waals surface area contributed by atoms with Crippen LogP contribution in [0.3, 0.4) is 0 Å². The fourth-order valence-corrected chi connectivity index (χ4v) is 3.93. The van der Waals surface area contributed by atoms with Crippen LogP contribution in [-0.2, 0) is 13.1 Å². The third kappa shape index (κ3) is 5.22. The van der Waals surface area contributed by atoms with E-state index in [9.17, 15) is 0 Å². The molecule has 1 aliphatic rings. The van der Waals surface area contributed by atoms with E-state index in [4.69, 9.17) is 12.2 Å². The van der Waals surface area contributed by atoms with Crippen LogP contribution in [0.15, 0.2) is 67.0 Å². The van der Waals surface area contributed by atoms with Crippen molar-refractivity contribution in [3.63, 3.8) is 0 Å². The first-order valence-electron chi connectivity index (χ1n) is 10.1. The van der Waals surface area contributed by atoms with E-state index in [1.54, 1.807) is 0 Å². The zero-order valence-corrected chi connectivity index (χ0v) is 17.6. The fourth-order valence-electron chi connectivity index (χ4n) is 3.63. The average Bonchev–Trinajstić information content (AvgIpc) is 3.17. The van der Waals surface area contributed by atoms with E-state index in [2.05, 4.69) is 63.5 Å². The van der Waals surface area contributed by atoms with Crippen LogP contribution < -0.4 is 5.32 Å². The lowest BCUT2D eigenvalue weighted by atomic mass is 10.1. The highest BCUT2D eigenvalue weighted by Crippen LogP contribution is 2.14. The van der Waals surface area contributed by atoms with E-state index in [-0.39, 0.29) is 0 Å². The molecule has 0 amide bonds. The van der Waals surface area contributed by atoms with Crippen LogP contribution in [-0.4, -0.2) is 50.9 Å². The maximum atomic E-state index is 5.64. The normalized spacial score (nSPS) is 14.7. The van der Waals surface area contributed by atoms with Crippen LogP contribution in [0.1, 0.15) is 16.7 Å². The zero-order chi connectivity index (χ0) is 20.1. The van der Waals surface area contributed by atoms with Crippen LogP contribution in [0.2, 0.25) is 0 Å². The number of nitrogens with zero attached hydrogens (tertiary/aromatic N) is 4. The first-order chi connectivity index (χ1) is 14.2. The van der Waals surface area contributed by atoms with Gasteiger partial charge in [0, 0.05) is 38.9 Å². The summed E-state index contributed by atoms with van der Waals surface area (Å²) in [4.78, 5) is 4.75. The Morgan fingerprint density at radius 2 is 1.69 bits per heavy atom. The van der Waals surface area contributed by atoms with Gasteiger partial charge in [-0.25, -0.2) is 0 Å². The number of aryl methyl sites for hydroxylation is 1. The molecule has 0 spiro atoms. The van der Waals surface area contributed by atoms with Gasteiger partial charge in [-0.3, -0.25) is 9.58 Å². The first kappa shape index (κ1) is 19.6. The van der Waals surface area contributed by atoms with Gasteiger partial charge in [-0.2, -0.15) is 5.10 Å². The van der Waals surface area contributed by atoms with Gasteiger partial charge < -0.3 is 10.2 Å². The van der Waals surface area contributed by atoms with E-state index < -0.39 is 0 Å². The fraction of sp³-hybridized carbons (Fsp3) is 0.304. The van der Waals surface area contributed by atoms with Crippen molar-refractivity contribution in [1.82, 2.24) is 19.6 Å². The Hall–Kier alpha value is -2.70. The maximum Gasteiger partial charge on any atom is 0.173 e. The summed E-state index contributed by atoms with van der Waals surface area (Å²) in [6, 6.07) is 19.0. The molecular formula is C23H27N5S. The Bertz CT molecular complexity index is 945. The Labute approximate surface area is 177 Å². The number of hydrogen-bond donors (Lipinski definition) is 1. The molecule has 0 radical (unpaired) electrons. The quantitative estimate of drug-likeness (QED) is 0.654. The SMILES string of the molecule is Cc1ccccc1CN1CCN(C(=S)Nc2cnn(Cc3ccccc3)c2)CC1. The van der Waals surface area contributed by atoms with Crippen LogP contribution in [0.25, 0.3) is 0 Å². The topological polar surface area (TPSA) is 36.3 Å². The lowest BCUT2D eigenvalue weighted by molar-refractivity contribution is 0.176. The minimum atomic E-state index is 0.757. The number of piperazine rings is 1. The third-order valence-corrected chi connectivity index (χ3v) is 5.75. The molecule has 0 aliphatic carbocycles. The summed E-state index contributed by atoms with van der Waals surface area (Å²) in [5.41, 5.74) is 4.94. The number of anilines is 1. The molecule has 0 unspecified atom stereocenters. The lowest BCUT2D eigenvalue weighted by Crippen LogP contribution is -2.49. The number of rotatable bonds is 5. The van der Waals surface area contributed by atoms with E-state index in [1.807, 2.05) is 35.3 Å². The summed E-state index contributed by atoms with van der Waals surface area (Å²) in [7, 11) is 0. The van der Waals surface area contributed by atoms with Gasteiger partial charge in [0.2, 0.25) is 0 Å². The summed E-state index contributed by atoms with van der Waals surface area (Å²) < 4.78 is 1.93. The van der Waals surface area contributed by atoms with Gasteiger partial charge in [0.25, 0.3) is 0 Å². The van der Waals surface area contributed by atoms with E-state index in [0.29, 0.717) is 0 Å². The Morgan fingerprint density at radius 3 is 2.45 bits per heavy atom. The maximum absolute atomic E-state index is 5.64. The molecule has 150 valence electrons. The van der Waals surface area contributed by atoms with E-state index in [0.717, 1.165) is 50.1 Å². The molecule has 1 N–H and O–H groups in total. The second-order valence-corrected chi connectivity index (χ2v) is 7.92. The molecular weight excluding hydrogens is 378 g/mol. The molecule has 2 aromatic carbocycles. The van der Waals surface area contributed by atoms with Crippen molar-refractivity contribution in [3.8, 4) is 0 Å². The largest absolute Gasteiger partial charge is 0.346 e. The number of benzene rings is 2. The molecule has 2 heterocycles. The van der Waals surface area contributed by atoms with Gasteiger partial charge >= 0.3 is 0 Å². The van der Waals surface area contributed by atoms with Crippen LogP contribution in [0, 0.1) is 6.92 Å². The van der Waals surface area contributed by atoms with Gasteiger partial charge in [0.05, 0.1) is 18.4 Å². The predicted molar refractivity (Wildman–Crippen MR) is 122 cm³/mol. The third-order valence-electron chi connectivity index (χ3n) is 5.39. The van der Waals surface area contributed by atoms with Crippen molar-refractivity contribution in [2.24, 2.45) is 0 Å². The second kappa shape index (κ2) is 9.20. The molecule has 0 atom stereocenters. The summed E-state index contributed by atoms with van der Waals surface area (Å²) in [6.45, 7) is 7.86. The highest BCUT2D eigenvalue weighted by atomic mass is 32.1. The minimum Gasteiger partial charge on any atom is -0.346 e. The van der Waals surface area contributed by atoms with Crippen LogP contribution in [0.5, 0.6) is 0 Å². The average molecular weight is 406 g/mol. The highest BCUT2D eigenvalue weighted by Gasteiger charge is 2.19. The molecule has 6 heteroatoms. The number of aromatic nitrogens is 2. The predicted octanol–water partition coefficient (Wildman–Crippen LogP) is 3.75. The van der Waals surface area contributed by atoms with Gasteiger partial charge in [-0.1, -0.05) is 54.6 Å². The molecule has 1 saturated heterocycles. The van der Waals surface area contributed by atoms with E-state index in [1.165, 1.54) is 16.7 Å². The van der Waals surface area contributed by atoms with Gasteiger partial charge in [0.15, 0.2) is 5.11 Å². The molecule has 1 aromatic heterocycles. The Balaban J connectivity index is 1.26. The summed E-state index contributed by atoms with van der Waals surface area (Å²) in [6.07, 6.45) is 3.84. The second-order valence-electron chi connectivity index (χ2n) is 7.53. The van der Waals surface area contributed by atoms with Crippen LogP contribution in [0.4, 0.5) is 5.69 Å². The highest BCUT2D eigenvalue weighted by molar-refractivity contribution is 7.80. The van der Waals surface area contributed by atoms with Crippen molar-refractivity contribution in [2.45, 2.75) is 20.0 Å². The lowest BCUT2D eigenvalue weighted by Gasteiger charge is -2.36. The molecule has 4 rings (SSSR count). The van der Waals surface area contributed by atoms with E-state index >= 15 is 0 Å². The zero-order valence-electron chi connectivity index (χ0n) is 16.8. The first-order valence-corrected chi connectivity index (χ1v) is 10.5. The van der Waals surface area contributed by atoms with Crippen molar-refractivity contribution in [3.05, 3.63) is 83.7 Å². The summed E-state index contributed by atoms with van der Waals surface area (Å²) >= 11 is 5.64. The summed E-state index contributed by atoms with van der Waals surface area (Å²) in [5.74, 6) is 0. The van der Waals surface area contributed by atoms with Crippen molar-refractivity contribution >= 4 is 23.0 Å². The standard InChI is InChI=1S/C23H27N5S/c1-19-7-5-6-10-21(19)17-26-11-13-27(14-12-26)23(29)25-22-15-24-28(18-22)16-20-8-3-2-4-9-20/h2-10,15,18H,11-14,16-17H2,1H3,(H,25,29). The Kier molecular flexibility index (Phi) is 6.22. The molecule has 1 aliphatic heterocycles. The molecule has 1 fully saturated rings. The molecule has 5 nitrogen and oxygen atoms in total. The van der Waals surface area contributed by atoms with Gasteiger partial charge in [0.1, 0.15) is 0 Å². The number of nitrogens with one attached hydrogen (secondary N) is 1. The molecule has 3 aromatic rings. The monoisotopic (exact) mass is 405 g/mol. The van der Waals surface area contributed by atoms with Crippen molar-refractivity contribution in [1.29, 1.82) is 0 Å². The molecule has 0 saturated carbocycles. The number of hydrogen-bond acceptors (Lipinski definition) is 3. The Morgan fingerprint density at radius 1 is 0.966 bits per heavy atom.